The molecule has 2 nitrogen and oxygen atoms in total. The first-order valence-corrected chi connectivity index (χ1v) is 3.24. The Hall–Kier alpha value is -1.31. The molecule has 2 rings (SSSR count). The molecule has 0 saturated heterocycles. The van der Waals surface area contributed by atoms with Crippen molar-refractivity contribution in [3.63, 3.8) is 0 Å². The van der Waals surface area contributed by atoms with Gasteiger partial charge in [-0.25, -0.2) is 0 Å². The summed E-state index contributed by atoms with van der Waals surface area (Å²) in [5, 5.41) is 0. The Kier molecular flexibility index (Phi) is 1.01. The molecule has 0 radical (unpaired) electrons. The van der Waals surface area contributed by atoms with Gasteiger partial charge >= 0.3 is 1.43 Å². The van der Waals surface area contributed by atoms with E-state index in [2.05, 4.69) is 0 Å². The van der Waals surface area contributed by atoms with Crippen LogP contribution in [0.2, 0.25) is 0 Å². The maximum Gasteiger partial charge on any atom is 1.00 e. The molecule has 0 aliphatic carbocycles. The zero-order valence-corrected chi connectivity index (χ0v) is 5.45. The maximum atomic E-state index is 10.8. The fourth-order valence-electron chi connectivity index (χ4n) is 1.13. The van der Waals surface area contributed by atoms with E-state index in [4.69, 9.17) is 0 Å². The van der Waals surface area contributed by atoms with Crippen LogP contribution in [0.5, 0.6) is 0 Å². The Morgan fingerprint density at radius 1 is 1.60 bits per heavy atom. The highest BCUT2D eigenvalue weighted by molar-refractivity contribution is 5.35. The largest absolute Gasteiger partial charge is 1.00 e. The Bertz CT molecular complexity index is 340. The van der Waals surface area contributed by atoms with E-state index in [1.807, 2.05) is 16.8 Å². The smallest absolute Gasteiger partial charge is 0.327 e. The number of allylic oxidation sites excluding steroid dienone is 1. The second kappa shape index (κ2) is 1.84. The van der Waals surface area contributed by atoms with Crippen molar-refractivity contribution >= 4 is 6.20 Å². The van der Waals surface area contributed by atoms with Crippen LogP contribution in [-0.4, -0.2) is 4.57 Å². The van der Waals surface area contributed by atoms with Crippen LogP contribution in [0.25, 0.3) is 6.20 Å². The molecule has 2 heterocycles. The molecular weight excluding hydrogens is 126 g/mol. The number of fused-ring (bicyclic) bond motifs is 1. The first-order chi connectivity index (χ1) is 4.86. The van der Waals surface area contributed by atoms with Crippen molar-refractivity contribution in [2.45, 2.75) is 6.42 Å². The normalized spacial score (nSPS) is 13.6. The summed E-state index contributed by atoms with van der Waals surface area (Å²) in [6.07, 6.45) is 6.68. The Labute approximate surface area is 59.9 Å². The van der Waals surface area contributed by atoms with Crippen LogP contribution >= 0.6 is 0 Å². The van der Waals surface area contributed by atoms with Gasteiger partial charge in [-0.3, -0.25) is 4.79 Å². The number of rotatable bonds is 0. The first kappa shape index (κ1) is 5.47. The molecule has 0 N–H and O–H groups in total. The molecule has 0 spiro atoms. The monoisotopic (exact) mass is 134 g/mol. The third-order valence-corrected chi connectivity index (χ3v) is 1.63. The van der Waals surface area contributed by atoms with Crippen LogP contribution in [0.1, 0.15) is 7.12 Å². The summed E-state index contributed by atoms with van der Waals surface area (Å²) in [6.45, 7) is 0. The molecule has 1 aliphatic heterocycles. The van der Waals surface area contributed by atoms with Crippen LogP contribution in [0.4, 0.5) is 0 Å². The average Bonchev–Trinajstić information content (AvgIpc) is 2.33. The Morgan fingerprint density at radius 3 is 3.40 bits per heavy atom. The molecule has 10 heavy (non-hydrogen) atoms. The lowest BCUT2D eigenvalue weighted by atomic mass is 10.3. The van der Waals surface area contributed by atoms with Gasteiger partial charge in [0.1, 0.15) is 0 Å². The van der Waals surface area contributed by atoms with Crippen molar-refractivity contribution in [1.82, 2.24) is 4.57 Å². The second-order valence-corrected chi connectivity index (χ2v) is 2.35. The molecular formula is C8H8NO+. The van der Waals surface area contributed by atoms with Crippen LogP contribution in [0, 0.1) is 0 Å². The van der Waals surface area contributed by atoms with Gasteiger partial charge in [0, 0.05) is 36.6 Å². The van der Waals surface area contributed by atoms with Crippen molar-refractivity contribution in [3.05, 3.63) is 40.3 Å². The fourth-order valence-corrected chi connectivity index (χ4v) is 1.13. The highest BCUT2D eigenvalue weighted by atomic mass is 16.1. The molecule has 1 aliphatic rings. The van der Waals surface area contributed by atoms with Crippen molar-refractivity contribution in [2.24, 2.45) is 0 Å². The summed E-state index contributed by atoms with van der Waals surface area (Å²) in [4.78, 5) is 10.8. The number of hydrogen-bond acceptors (Lipinski definition) is 1. The topological polar surface area (TPSA) is 22.0 Å². The molecule has 0 saturated carbocycles. The minimum Gasteiger partial charge on any atom is -0.327 e. The predicted molar refractivity (Wildman–Crippen MR) is 40.8 cm³/mol. The summed E-state index contributed by atoms with van der Waals surface area (Å²) < 4.78 is 1.96. The molecule has 0 aromatic carbocycles. The van der Waals surface area contributed by atoms with Crippen molar-refractivity contribution in [1.29, 1.82) is 0 Å². The van der Waals surface area contributed by atoms with Crippen LogP contribution < -0.4 is 5.43 Å². The number of hydrogen-bond donors (Lipinski definition) is 0. The van der Waals surface area contributed by atoms with Gasteiger partial charge in [-0.2, -0.15) is 0 Å². The Morgan fingerprint density at radius 2 is 2.50 bits per heavy atom. The van der Waals surface area contributed by atoms with E-state index in [1.165, 1.54) is 0 Å². The lowest BCUT2D eigenvalue weighted by molar-refractivity contribution is 1.03. The molecule has 1 aromatic heterocycles. The van der Waals surface area contributed by atoms with E-state index in [0.29, 0.717) is 0 Å². The van der Waals surface area contributed by atoms with E-state index < -0.39 is 0 Å². The molecule has 50 valence electrons. The van der Waals surface area contributed by atoms with E-state index in [0.717, 1.165) is 12.1 Å². The fraction of sp³-hybridized carbons (Fsp3) is 0.125. The zero-order chi connectivity index (χ0) is 6.97. The van der Waals surface area contributed by atoms with Crippen LogP contribution in [0.3, 0.4) is 0 Å². The van der Waals surface area contributed by atoms with Gasteiger partial charge in [0.2, 0.25) is 0 Å². The summed E-state index contributed by atoms with van der Waals surface area (Å²) in [5.74, 6) is 0. The third kappa shape index (κ3) is 0.692. The zero-order valence-electron chi connectivity index (χ0n) is 6.45. The van der Waals surface area contributed by atoms with Gasteiger partial charge in [-0.1, -0.05) is 6.08 Å². The highest BCUT2D eigenvalue weighted by Crippen LogP contribution is 2.06. The quantitative estimate of drug-likeness (QED) is 0.518. The highest BCUT2D eigenvalue weighted by Gasteiger charge is 2.00. The van der Waals surface area contributed by atoms with Gasteiger partial charge in [-0.15, -0.1) is 0 Å². The lowest BCUT2D eigenvalue weighted by Gasteiger charge is -1.97. The van der Waals surface area contributed by atoms with Crippen LogP contribution in [-0.2, 0) is 6.42 Å². The van der Waals surface area contributed by atoms with Crippen molar-refractivity contribution < 1.29 is 1.43 Å². The van der Waals surface area contributed by atoms with Gasteiger partial charge in [0.15, 0.2) is 5.43 Å². The molecule has 0 bridgehead atoms. The molecule has 1 aromatic rings. The van der Waals surface area contributed by atoms with Gasteiger partial charge < -0.3 is 4.57 Å². The Balaban J connectivity index is 0.000000605. The molecule has 0 unspecified atom stereocenters. The molecule has 0 amide bonds. The van der Waals surface area contributed by atoms with Gasteiger partial charge in [0.25, 0.3) is 0 Å². The number of nitrogens with zero attached hydrogens (tertiary/aromatic N) is 1. The van der Waals surface area contributed by atoms with Crippen molar-refractivity contribution in [3.8, 4) is 0 Å². The summed E-state index contributed by atoms with van der Waals surface area (Å²) in [7, 11) is 0. The minimum atomic E-state index is 0. The van der Waals surface area contributed by atoms with E-state index in [1.54, 1.807) is 18.3 Å². The lowest BCUT2D eigenvalue weighted by Crippen LogP contribution is -2.02. The van der Waals surface area contributed by atoms with E-state index in [-0.39, 0.29) is 6.86 Å². The number of aromatic nitrogens is 1. The van der Waals surface area contributed by atoms with Crippen molar-refractivity contribution in [2.75, 3.05) is 0 Å². The minimum absolute atomic E-state index is 0. The van der Waals surface area contributed by atoms with Crippen LogP contribution in [0.15, 0.2) is 29.2 Å². The molecule has 0 fully saturated rings. The molecule has 0 atom stereocenters. The summed E-state index contributed by atoms with van der Waals surface area (Å²) in [6, 6.07) is 3.24. The predicted octanol–water partition coefficient (Wildman–Crippen LogP) is 0.988. The SMILES string of the molecule is O=c1ccn2c(c1)CC=C2.[H+]. The summed E-state index contributed by atoms with van der Waals surface area (Å²) in [5.41, 5.74) is 1.17. The van der Waals surface area contributed by atoms with Gasteiger partial charge in [-0.05, 0) is 0 Å². The first-order valence-electron chi connectivity index (χ1n) is 3.24. The summed E-state index contributed by atoms with van der Waals surface area (Å²) >= 11 is 0. The third-order valence-electron chi connectivity index (χ3n) is 1.63. The average molecular weight is 134 g/mol. The van der Waals surface area contributed by atoms with E-state index in [9.17, 15) is 4.79 Å². The molecule has 2 heteroatoms. The number of pyridine rings is 1. The maximum absolute atomic E-state index is 10.8. The van der Waals surface area contributed by atoms with E-state index >= 15 is 0 Å². The standard InChI is InChI=1S/C8H7NO/c10-8-3-5-9-4-1-2-7(9)6-8/h1,3-6H,2H2/p+1. The van der Waals surface area contributed by atoms with Gasteiger partial charge in [0.05, 0.1) is 0 Å². The second-order valence-electron chi connectivity index (χ2n) is 2.35.